The average molecular weight is 499 g/mol. The molecule has 6 heteroatoms. The molecule has 4 atom stereocenters. The van der Waals surface area contributed by atoms with E-state index in [2.05, 4.69) is 55.4 Å². The SMILES string of the molecule is CC(C)CC1(C)CC2(c3cc(O)c(O)c(O)c31)c1cc(O)c(O)c(O)c1C(C)(CC(C)C)C2C(C)C. The Labute approximate surface area is 214 Å². The van der Waals surface area contributed by atoms with Crippen LogP contribution >= 0.6 is 0 Å². The van der Waals surface area contributed by atoms with E-state index in [0.29, 0.717) is 17.5 Å². The Hall–Kier alpha value is -2.76. The molecule has 0 aliphatic heterocycles. The van der Waals surface area contributed by atoms with Crippen LogP contribution in [0.15, 0.2) is 12.1 Å². The summed E-state index contributed by atoms with van der Waals surface area (Å²) in [6.45, 7) is 17.0. The van der Waals surface area contributed by atoms with Crippen LogP contribution in [0.2, 0.25) is 0 Å². The molecule has 2 aliphatic rings. The summed E-state index contributed by atoms with van der Waals surface area (Å²) in [5.41, 5.74) is 0.773. The molecular weight excluding hydrogens is 456 g/mol. The first-order valence-corrected chi connectivity index (χ1v) is 13.1. The molecule has 4 rings (SSSR count). The number of aromatic hydroxyl groups is 6. The van der Waals surface area contributed by atoms with Gasteiger partial charge in [0.2, 0.25) is 11.5 Å². The lowest BCUT2D eigenvalue weighted by molar-refractivity contribution is 0.126. The minimum atomic E-state index is -0.780. The largest absolute Gasteiger partial charge is 0.504 e. The van der Waals surface area contributed by atoms with Crippen molar-refractivity contribution in [2.24, 2.45) is 23.7 Å². The summed E-state index contributed by atoms with van der Waals surface area (Å²) in [7, 11) is 0. The Morgan fingerprint density at radius 3 is 1.58 bits per heavy atom. The molecule has 0 radical (unpaired) electrons. The molecule has 0 aromatic heterocycles. The lowest BCUT2D eigenvalue weighted by atomic mass is 9.57. The van der Waals surface area contributed by atoms with Gasteiger partial charge in [-0.25, -0.2) is 0 Å². The van der Waals surface area contributed by atoms with Crippen molar-refractivity contribution in [3.63, 3.8) is 0 Å². The highest BCUT2D eigenvalue weighted by Gasteiger charge is 2.66. The van der Waals surface area contributed by atoms with Gasteiger partial charge in [0.1, 0.15) is 0 Å². The van der Waals surface area contributed by atoms with E-state index in [-0.39, 0.29) is 35.2 Å². The zero-order valence-electron chi connectivity index (χ0n) is 22.8. The molecule has 0 bridgehead atoms. The van der Waals surface area contributed by atoms with Crippen molar-refractivity contribution < 1.29 is 30.6 Å². The van der Waals surface area contributed by atoms with E-state index in [0.717, 1.165) is 24.0 Å². The van der Waals surface area contributed by atoms with Crippen molar-refractivity contribution in [1.29, 1.82) is 0 Å². The van der Waals surface area contributed by atoms with Gasteiger partial charge in [-0.15, -0.1) is 0 Å². The minimum Gasteiger partial charge on any atom is -0.504 e. The van der Waals surface area contributed by atoms with Gasteiger partial charge in [-0.3, -0.25) is 0 Å². The number of fused-ring (bicyclic) bond motifs is 4. The Kier molecular flexibility index (Phi) is 5.94. The highest BCUT2D eigenvalue weighted by molar-refractivity contribution is 5.73. The maximum absolute atomic E-state index is 11.3. The lowest BCUT2D eigenvalue weighted by Crippen LogP contribution is -2.44. The van der Waals surface area contributed by atoms with E-state index in [4.69, 9.17) is 0 Å². The Bertz CT molecular complexity index is 1200. The molecule has 2 aliphatic carbocycles. The molecule has 6 N–H and O–H groups in total. The van der Waals surface area contributed by atoms with Gasteiger partial charge in [-0.05, 0) is 71.6 Å². The second-order valence-electron chi connectivity index (χ2n) is 13.1. The van der Waals surface area contributed by atoms with E-state index in [1.807, 2.05) is 0 Å². The average Bonchev–Trinajstić information content (AvgIpc) is 3.08. The molecule has 4 unspecified atom stereocenters. The van der Waals surface area contributed by atoms with Gasteiger partial charge in [-0.2, -0.15) is 0 Å². The molecule has 0 saturated heterocycles. The maximum Gasteiger partial charge on any atom is 0.200 e. The van der Waals surface area contributed by atoms with Crippen LogP contribution < -0.4 is 0 Å². The summed E-state index contributed by atoms with van der Waals surface area (Å²) in [5, 5.41) is 65.2. The lowest BCUT2D eigenvalue weighted by Gasteiger charge is -2.45. The molecule has 198 valence electrons. The van der Waals surface area contributed by atoms with Gasteiger partial charge in [0.25, 0.3) is 0 Å². The van der Waals surface area contributed by atoms with Gasteiger partial charge in [0.05, 0.1) is 0 Å². The zero-order valence-corrected chi connectivity index (χ0v) is 22.8. The standard InChI is InChI=1S/C30H42O6/c1-14(2)11-28(7)13-30(17-9-19(31)23(33)25(35)21(17)28)18-10-20(32)24(34)26(36)22(18)29(8,12-15(3)4)27(30)16(5)6/h9-10,14-16,27,31-36H,11-13H2,1-8H3. The molecule has 0 amide bonds. The molecule has 0 heterocycles. The smallest absolute Gasteiger partial charge is 0.200 e. The van der Waals surface area contributed by atoms with Crippen LogP contribution in [0.3, 0.4) is 0 Å². The number of phenolic OH excluding ortho intramolecular Hbond substituents is 6. The minimum absolute atomic E-state index is 0.0921. The van der Waals surface area contributed by atoms with Crippen LogP contribution in [0.25, 0.3) is 0 Å². The fraction of sp³-hybridized carbons (Fsp3) is 0.600. The first-order valence-electron chi connectivity index (χ1n) is 13.1. The Balaban J connectivity index is 2.22. The quantitative estimate of drug-likeness (QED) is 0.262. The van der Waals surface area contributed by atoms with Gasteiger partial charge in [0, 0.05) is 22.0 Å². The molecule has 36 heavy (non-hydrogen) atoms. The van der Waals surface area contributed by atoms with E-state index in [9.17, 15) is 30.6 Å². The molecule has 2 aromatic carbocycles. The fourth-order valence-corrected chi connectivity index (χ4v) is 8.82. The van der Waals surface area contributed by atoms with Crippen molar-refractivity contribution in [2.45, 2.75) is 90.9 Å². The normalized spacial score (nSPS) is 29.0. The monoisotopic (exact) mass is 498 g/mol. The molecule has 0 fully saturated rings. The Morgan fingerprint density at radius 1 is 0.694 bits per heavy atom. The van der Waals surface area contributed by atoms with Crippen molar-refractivity contribution in [3.05, 3.63) is 34.4 Å². The number of rotatable bonds is 5. The van der Waals surface area contributed by atoms with Crippen molar-refractivity contribution >= 4 is 0 Å². The zero-order chi connectivity index (χ0) is 27.1. The summed E-state index contributed by atoms with van der Waals surface area (Å²) in [5.74, 6) is -1.87. The van der Waals surface area contributed by atoms with E-state index < -0.39 is 39.2 Å². The second kappa shape index (κ2) is 8.12. The third kappa shape index (κ3) is 3.29. The van der Waals surface area contributed by atoms with Crippen LogP contribution in [-0.4, -0.2) is 30.6 Å². The van der Waals surface area contributed by atoms with E-state index >= 15 is 0 Å². The summed E-state index contributed by atoms with van der Waals surface area (Å²) in [6, 6.07) is 3.13. The Morgan fingerprint density at radius 2 is 1.14 bits per heavy atom. The van der Waals surface area contributed by atoms with Gasteiger partial charge < -0.3 is 30.6 Å². The molecular formula is C30H42O6. The first kappa shape index (κ1) is 26.3. The predicted octanol–water partition coefficient (Wildman–Crippen LogP) is 6.50. The highest BCUT2D eigenvalue weighted by Crippen LogP contribution is 2.73. The number of benzene rings is 2. The second-order valence-corrected chi connectivity index (χ2v) is 13.1. The number of hydrogen-bond donors (Lipinski definition) is 6. The van der Waals surface area contributed by atoms with Gasteiger partial charge >= 0.3 is 0 Å². The van der Waals surface area contributed by atoms with Gasteiger partial charge in [-0.1, -0.05) is 55.4 Å². The number of hydrogen-bond acceptors (Lipinski definition) is 6. The van der Waals surface area contributed by atoms with Crippen LogP contribution in [0.4, 0.5) is 0 Å². The van der Waals surface area contributed by atoms with Crippen molar-refractivity contribution in [2.75, 3.05) is 0 Å². The predicted molar refractivity (Wildman–Crippen MR) is 140 cm³/mol. The topological polar surface area (TPSA) is 121 Å². The summed E-state index contributed by atoms with van der Waals surface area (Å²) in [4.78, 5) is 0. The third-order valence-electron chi connectivity index (χ3n) is 8.89. The fourth-order valence-electron chi connectivity index (χ4n) is 8.82. The molecule has 1 spiro atoms. The summed E-state index contributed by atoms with van der Waals surface area (Å²) in [6.07, 6.45) is 2.03. The third-order valence-corrected chi connectivity index (χ3v) is 8.89. The van der Waals surface area contributed by atoms with Crippen LogP contribution in [-0.2, 0) is 16.2 Å². The van der Waals surface area contributed by atoms with E-state index in [1.165, 1.54) is 0 Å². The highest BCUT2D eigenvalue weighted by atomic mass is 16.3. The first-order chi connectivity index (χ1) is 16.5. The molecule has 0 saturated carbocycles. The van der Waals surface area contributed by atoms with Crippen LogP contribution in [0.1, 0.15) is 96.9 Å². The summed E-state index contributed by atoms with van der Waals surface area (Å²) >= 11 is 0. The summed E-state index contributed by atoms with van der Waals surface area (Å²) < 4.78 is 0. The van der Waals surface area contributed by atoms with Crippen LogP contribution in [0, 0.1) is 23.7 Å². The molecule has 2 aromatic rings. The van der Waals surface area contributed by atoms with Crippen LogP contribution in [0.5, 0.6) is 34.5 Å². The maximum atomic E-state index is 11.3. The van der Waals surface area contributed by atoms with Crippen molar-refractivity contribution in [3.8, 4) is 34.5 Å². The number of phenols is 6. The van der Waals surface area contributed by atoms with Crippen molar-refractivity contribution in [1.82, 2.24) is 0 Å². The molecule has 6 nitrogen and oxygen atoms in total. The van der Waals surface area contributed by atoms with Gasteiger partial charge in [0.15, 0.2) is 23.0 Å². The van der Waals surface area contributed by atoms with E-state index in [1.54, 1.807) is 12.1 Å².